The summed E-state index contributed by atoms with van der Waals surface area (Å²) in [5.74, 6) is -0.593. The van der Waals surface area contributed by atoms with Gasteiger partial charge >= 0.3 is 0 Å². The van der Waals surface area contributed by atoms with Crippen molar-refractivity contribution >= 4 is 11.8 Å². The summed E-state index contributed by atoms with van der Waals surface area (Å²) in [6.07, 6.45) is 6.27. The van der Waals surface area contributed by atoms with Gasteiger partial charge in [0.2, 0.25) is 0 Å². The largest absolute Gasteiger partial charge is 0.490 e. The van der Waals surface area contributed by atoms with Crippen LogP contribution < -0.4 is 21.3 Å². The Morgan fingerprint density at radius 3 is 2.36 bits per heavy atom. The van der Waals surface area contributed by atoms with Gasteiger partial charge in [0.15, 0.2) is 0 Å². The molecule has 2 atom stereocenters. The lowest BCUT2D eigenvalue weighted by Crippen LogP contribution is -2.54. The first-order valence-electron chi connectivity index (χ1n) is 9.26. The lowest BCUT2D eigenvalue weighted by Gasteiger charge is -2.20. The highest BCUT2D eigenvalue weighted by Gasteiger charge is 2.24. The van der Waals surface area contributed by atoms with Crippen LogP contribution >= 0.6 is 0 Å². The van der Waals surface area contributed by atoms with Gasteiger partial charge in [0.05, 0.1) is 0 Å². The van der Waals surface area contributed by atoms with E-state index in [1.165, 1.54) is 16.6 Å². The molecule has 1 rings (SSSR count). The Morgan fingerprint density at radius 2 is 1.82 bits per heavy atom. The van der Waals surface area contributed by atoms with Crippen molar-refractivity contribution in [3.8, 4) is 5.75 Å². The average Bonchev–Trinajstić information content (AvgIpc) is 2.65. The standard InChI is InChI=1S/C21H31N3O4/c1-14(2)6-5-7-15(3)12-13-28-18-10-8-17(9-11-18)20(25)23-19(16(4)22)21(26)24-27/h6,8-12,16,19,27H,5,7,13,22H2,1-4H3,(H,23,25)(H,24,26)/t16-,19+/m1/s1. The first-order valence-corrected chi connectivity index (χ1v) is 9.26. The Morgan fingerprint density at radius 1 is 1.18 bits per heavy atom. The molecule has 1 aromatic carbocycles. The normalized spacial score (nSPS) is 13.3. The number of hydrogen-bond acceptors (Lipinski definition) is 5. The van der Waals surface area contributed by atoms with Crippen LogP contribution in [0, 0.1) is 0 Å². The summed E-state index contributed by atoms with van der Waals surface area (Å²) in [7, 11) is 0. The number of amides is 2. The molecule has 0 bridgehead atoms. The van der Waals surface area contributed by atoms with E-state index in [1.807, 2.05) is 6.08 Å². The molecule has 0 aliphatic heterocycles. The van der Waals surface area contributed by atoms with Crippen LogP contribution in [0.2, 0.25) is 0 Å². The Hall–Kier alpha value is -2.64. The molecule has 0 aromatic heterocycles. The predicted octanol–water partition coefficient (Wildman–Crippen LogP) is 2.71. The van der Waals surface area contributed by atoms with Gasteiger partial charge in [0.25, 0.3) is 11.8 Å². The number of benzene rings is 1. The number of hydroxylamine groups is 1. The molecule has 0 aliphatic rings. The number of allylic oxidation sites excluding steroid dienone is 3. The predicted molar refractivity (Wildman–Crippen MR) is 109 cm³/mol. The molecular formula is C21H31N3O4. The molecule has 7 nitrogen and oxygen atoms in total. The van der Waals surface area contributed by atoms with Crippen LogP contribution in [0.5, 0.6) is 5.75 Å². The Bertz CT molecular complexity index is 705. The number of ether oxygens (including phenoxy) is 1. The molecule has 0 spiro atoms. The molecule has 0 fully saturated rings. The Balaban J connectivity index is 2.57. The van der Waals surface area contributed by atoms with E-state index in [-0.39, 0.29) is 0 Å². The summed E-state index contributed by atoms with van der Waals surface area (Å²) in [5.41, 5.74) is 10.1. The molecule has 0 aliphatic carbocycles. The molecule has 1 aromatic rings. The third kappa shape index (κ3) is 8.37. The van der Waals surface area contributed by atoms with E-state index in [9.17, 15) is 9.59 Å². The second-order valence-electron chi connectivity index (χ2n) is 6.99. The minimum absolute atomic E-state index is 0.359. The zero-order valence-electron chi connectivity index (χ0n) is 17.0. The van der Waals surface area contributed by atoms with Gasteiger partial charge in [0.1, 0.15) is 18.4 Å². The number of rotatable bonds is 10. The third-order valence-electron chi connectivity index (χ3n) is 4.09. The fraction of sp³-hybridized carbons (Fsp3) is 0.429. The number of nitrogens with two attached hydrogens (primary N) is 1. The molecule has 0 heterocycles. The monoisotopic (exact) mass is 389 g/mol. The molecule has 154 valence electrons. The summed E-state index contributed by atoms with van der Waals surface area (Å²) in [4.78, 5) is 23.8. The fourth-order valence-corrected chi connectivity index (χ4v) is 2.40. The van der Waals surface area contributed by atoms with E-state index in [0.29, 0.717) is 17.9 Å². The van der Waals surface area contributed by atoms with E-state index in [0.717, 1.165) is 12.8 Å². The highest BCUT2D eigenvalue weighted by atomic mass is 16.5. The van der Waals surface area contributed by atoms with Crippen molar-refractivity contribution in [2.45, 2.75) is 52.6 Å². The second kappa shape index (κ2) is 11.9. The number of carbonyl (C=O) groups is 2. The van der Waals surface area contributed by atoms with Crippen LogP contribution in [0.3, 0.4) is 0 Å². The first-order chi connectivity index (χ1) is 13.2. The Labute approximate surface area is 166 Å². The summed E-state index contributed by atoms with van der Waals surface area (Å²) in [6.45, 7) is 8.27. The lowest BCUT2D eigenvalue weighted by molar-refractivity contribution is -0.131. The highest BCUT2D eigenvalue weighted by Crippen LogP contribution is 2.13. The maximum atomic E-state index is 12.3. The molecule has 7 heteroatoms. The van der Waals surface area contributed by atoms with Crippen LogP contribution in [0.4, 0.5) is 0 Å². The molecule has 2 amide bonds. The molecule has 0 saturated carbocycles. The van der Waals surface area contributed by atoms with Crippen LogP contribution in [-0.2, 0) is 4.79 Å². The SMILES string of the molecule is CC(C)=CCCC(C)=CCOc1ccc(C(=O)N[C@H](C(=O)NO)[C@@H](C)N)cc1. The van der Waals surface area contributed by atoms with Gasteiger partial charge in [-0.1, -0.05) is 17.2 Å². The summed E-state index contributed by atoms with van der Waals surface area (Å²) >= 11 is 0. The molecule has 28 heavy (non-hydrogen) atoms. The number of nitrogens with one attached hydrogen (secondary N) is 2. The van der Waals surface area contributed by atoms with E-state index in [2.05, 4.69) is 32.2 Å². The first kappa shape index (κ1) is 23.4. The number of hydrogen-bond donors (Lipinski definition) is 4. The van der Waals surface area contributed by atoms with Gasteiger partial charge < -0.3 is 15.8 Å². The second-order valence-corrected chi connectivity index (χ2v) is 6.99. The Kier molecular flexibility index (Phi) is 9.98. The molecule has 0 saturated heterocycles. The van der Waals surface area contributed by atoms with Crippen LogP contribution in [0.1, 0.15) is 50.9 Å². The minimum Gasteiger partial charge on any atom is -0.490 e. The van der Waals surface area contributed by atoms with Crippen molar-refractivity contribution in [1.29, 1.82) is 0 Å². The van der Waals surface area contributed by atoms with Gasteiger partial charge in [-0.25, -0.2) is 5.48 Å². The minimum atomic E-state index is -1.03. The van der Waals surface area contributed by atoms with E-state index in [4.69, 9.17) is 15.7 Å². The smallest absolute Gasteiger partial charge is 0.267 e. The van der Waals surface area contributed by atoms with Gasteiger partial charge in [-0.3, -0.25) is 14.8 Å². The van der Waals surface area contributed by atoms with Gasteiger partial charge in [-0.05, 0) is 70.9 Å². The molecular weight excluding hydrogens is 358 g/mol. The maximum Gasteiger partial charge on any atom is 0.267 e. The quantitative estimate of drug-likeness (QED) is 0.279. The zero-order chi connectivity index (χ0) is 21.1. The van der Waals surface area contributed by atoms with Crippen molar-refractivity contribution in [2.75, 3.05) is 6.61 Å². The van der Waals surface area contributed by atoms with Crippen LogP contribution in [0.15, 0.2) is 47.6 Å². The molecule has 5 N–H and O–H groups in total. The van der Waals surface area contributed by atoms with Crippen molar-refractivity contribution in [3.63, 3.8) is 0 Å². The van der Waals surface area contributed by atoms with Crippen LogP contribution in [0.25, 0.3) is 0 Å². The van der Waals surface area contributed by atoms with Gasteiger partial charge in [-0.2, -0.15) is 0 Å². The van der Waals surface area contributed by atoms with Crippen molar-refractivity contribution in [1.82, 2.24) is 10.8 Å². The van der Waals surface area contributed by atoms with Crippen molar-refractivity contribution in [3.05, 3.63) is 53.1 Å². The fourth-order valence-electron chi connectivity index (χ4n) is 2.40. The topological polar surface area (TPSA) is 114 Å². The zero-order valence-corrected chi connectivity index (χ0v) is 17.0. The van der Waals surface area contributed by atoms with E-state index < -0.39 is 23.9 Å². The van der Waals surface area contributed by atoms with Crippen molar-refractivity contribution in [2.24, 2.45) is 5.73 Å². The van der Waals surface area contributed by atoms with Crippen LogP contribution in [-0.4, -0.2) is 35.7 Å². The summed E-state index contributed by atoms with van der Waals surface area (Å²) in [5, 5.41) is 11.2. The van der Waals surface area contributed by atoms with E-state index in [1.54, 1.807) is 31.2 Å². The highest BCUT2D eigenvalue weighted by molar-refractivity contribution is 5.97. The average molecular weight is 389 g/mol. The maximum absolute atomic E-state index is 12.3. The van der Waals surface area contributed by atoms with E-state index >= 15 is 0 Å². The third-order valence-corrected chi connectivity index (χ3v) is 4.09. The molecule has 0 radical (unpaired) electrons. The lowest BCUT2D eigenvalue weighted by atomic mass is 10.1. The molecule has 0 unspecified atom stereocenters. The van der Waals surface area contributed by atoms with Gasteiger partial charge in [-0.15, -0.1) is 0 Å². The van der Waals surface area contributed by atoms with Crippen molar-refractivity contribution < 1.29 is 19.5 Å². The van der Waals surface area contributed by atoms with Gasteiger partial charge in [0, 0.05) is 11.6 Å². The summed E-state index contributed by atoms with van der Waals surface area (Å²) in [6, 6.07) is 4.89. The summed E-state index contributed by atoms with van der Waals surface area (Å²) < 4.78 is 5.67. The number of carbonyl (C=O) groups excluding carboxylic acids is 2.